The van der Waals surface area contributed by atoms with Crippen molar-refractivity contribution in [2.24, 2.45) is 5.92 Å². The molecule has 1 aromatic carbocycles. The molecule has 0 aliphatic carbocycles. The number of rotatable bonds is 6. The Morgan fingerprint density at radius 1 is 1.14 bits per heavy atom. The van der Waals surface area contributed by atoms with Crippen LogP contribution in [0.1, 0.15) is 24.4 Å². The molecule has 0 spiro atoms. The number of hydrogen-bond donors (Lipinski definition) is 2. The predicted molar refractivity (Wildman–Crippen MR) is 79.0 cm³/mol. The van der Waals surface area contributed by atoms with Crippen molar-refractivity contribution in [3.8, 4) is 11.7 Å². The van der Waals surface area contributed by atoms with Crippen LogP contribution in [0.3, 0.4) is 0 Å². The molecule has 0 saturated carbocycles. The normalized spacial score (nSPS) is 12.0. The van der Waals surface area contributed by atoms with Gasteiger partial charge in [0.05, 0.1) is 0 Å². The van der Waals surface area contributed by atoms with Crippen LogP contribution in [0, 0.1) is 5.92 Å². The van der Waals surface area contributed by atoms with Crippen molar-refractivity contribution in [1.29, 1.82) is 0 Å². The van der Waals surface area contributed by atoms with E-state index in [2.05, 4.69) is 5.32 Å². The largest absolute Gasteiger partial charge is 0.480 e. The highest BCUT2D eigenvalue weighted by Gasteiger charge is 2.25. The van der Waals surface area contributed by atoms with Crippen molar-refractivity contribution < 1.29 is 23.8 Å². The first-order valence-corrected chi connectivity index (χ1v) is 6.84. The highest BCUT2D eigenvalue weighted by molar-refractivity contribution is 5.94. The Hall–Kier alpha value is -2.76. The molecule has 2 N–H and O–H groups in total. The fourth-order valence-corrected chi connectivity index (χ4v) is 1.83. The zero-order valence-corrected chi connectivity index (χ0v) is 12.3. The zero-order chi connectivity index (χ0) is 16.1. The third-order valence-electron chi connectivity index (χ3n) is 2.99. The number of benzene rings is 1. The number of ether oxygens (including phenoxy) is 1. The summed E-state index contributed by atoms with van der Waals surface area (Å²) >= 11 is 0. The first-order chi connectivity index (χ1) is 10.5. The van der Waals surface area contributed by atoms with Crippen LogP contribution >= 0.6 is 0 Å². The van der Waals surface area contributed by atoms with Gasteiger partial charge in [-0.3, -0.25) is 4.79 Å². The lowest BCUT2D eigenvalue weighted by atomic mass is 10.0. The molecule has 2 aromatic rings. The van der Waals surface area contributed by atoms with Crippen LogP contribution in [-0.4, -0.2) is 23.0 Å². The minimum Gasteiger partial charge on any atom is -0.480 e. The lowest BCUT2D eigenvalue weighted by molar-refractivity contribution is -0.140. The molecule has 1 heterocycles. The Morgan fingerprint density at radius 2 is 1.82 bits per heavy atom. The molecule has 116 valence electrons. The molecule has 0 saturated heterocycles. The van der Waals surface area contributed by atoms with Gasteiger partial charge in [0.2, 0.25) is 0 Å². The molecule has 0 aliphatic heterocycles. The van der Waals surface area contributed by atoms with E-state index in [0.29, 0.717) is 5.75 Å². The third-order valence-corrected chi connectivity index (χ3v) is 2.99. The van der Waals surface area contributed by atoms with Crippen LogP contribution in [0.4, 0.5) is 0 Å². The molecule has 22 heavy (non-hydrogen) atoms. The van der Waals surface area contributed by atoms with Crippen molar-refractivity contribution >= 4 is 11.9 Å². The standard InChI is InChI=1S/C16H17NO5/c1-10(2)14(16(19)20)17-15(18)12-8-9-13(22-12)21-11-6-4-3-5-7-11/h3-10,14H,1-2H3,(H,17,18)(H,19,20)/t14-/m0/s1. The molecule has 0 fully saturated rings. The third kappa shape index (κ3) is 3.88. The lowest BCUT2D eigenvalue weighted by Crippen LogP contribution is -2.44. The van der Waals surface area contributed by atoms with Crippen LogP contribution in [0.2, 0.25) is 0 Å². The number of nitrogens with one attached hydrogen (secondary N) is 1. The average Bonchev–Trinajstić information content (AvgIpc) is 2.93. The van der Waals surface area contributed by atoms with Crippen molar-refractivity contribution in [2.45, 2.75) is 19.9 Å². The van der Waals surface area contributed by atoms with Gasteiger partial charge in [0.15, 0.2) is 5.76 Å². The number of hydrogen-bond acceptors (Lipinski definition) is 4. The number of amides is 1. The van der Waals surface area contributed by atoms with E-state index in [1.807, 2.05) is 18.2 Å². The van der Waals surface area contributed by atoms with Gasteiger partial charge in [-0.2, -0.15) is 0 Å². The highest BCUT2D eigenvalue weighted by atomic mass is 16.6. The maximum Gasteiger partial charge on any atom is 0.326 e. The Kier molecular flexibility index (Phi) is 4.83. The Morgan fingerprint density at radius 3 is 2.41 bits per heavy atom. The SMILES string of the molecule is CC(C)[C@H](NC(=O)c1ccc(Oc2ccccc2)o1)C(=O)O. The van der Waals surface area contributed by atoms with E-state index in [0.717, 1.165) is 0 Å². The van der Waals surface area contributed by atoms with Crippen molar-refractivity contribution in [3.05, 3.63) is 48.2 Å². The molecule has 6 nitrogen and oxygen atoms in total. The van der Waals surface area contributed by atoms with Gasteiger partial charge in [-0.05, 0) is 24.1 Å². The summed E-state index contributed by atoms with van der Waals surface area (Å²) in [6.45, 7) is 3.43. The first kappa shape index (κ1) is 15.6. The van der Waals surface area contributed by atoms with E-state index < -0.39 is 17.9 Å². The van der Waals surface area contributed by atoms with Crippen LogP contribution in [0.5, 0.6) is 11.7 Å². The number of carbonyl (C=O) groups excluding carboxylic acids is 1. The summed E-state index contributed by atoms with van der Waals surface area (Å²) in [4.78, 5) is 23.1. The van der Waals surface area contributed by atoms with Gasteiger partial charge < -0.3 is 19.6 Å². The number of aliphatic carboxylic acids is 1. The second-order valence-corrected chi connectivity index (χ2v) is 5.07. The van der Waals surface area contributed by atoms with E-state index in [1.165, 1.54) is 12.1 Å². The van der Waals surface area contributed by atoms with Crippen molar-refractivity contribution in [1.82, 2.24) is 5.32 Å². The summed E-state index contributed by atoms with van der Waals surface area (Å²) in [5.74, 6) is -1.18. The molecular formula is C16H17NO5. The van der Waals surface area contributed by atoms with E-state index in [9.17, 15) is 9.59 Å². The fourth-order valence-electron chi connectivity index (χ4n) is 1.83. The predicted octanol–water partition coefficient (Wildman–Crippen LogP) is 2.91. The lowest BCUT2D eigenvalue weighted by Gasteiger charge is -2.16. The topological polar surface area (TPSA) is 88.8 Å². The highest BCUT2D eigenvalue weighted by Crippen LogP contribution is 2.23. The van der Waals surface area contributed by atoms with Gasteiger partial charge in [0, 0.05) is 6.07 Å². The summed E-state index contributed by atoms with van der Waals surface area (Å²) < 4.78 is 10.7. The molecular weight excluding hydrogens is 286 g/mol. The van der Waals surface area contributed by atoms with Crippen molar-refractivity contribution in [3.63, 3.8) is 0 Å². The van der Waals surface area contributed by atoms with Gasteiger partial charge >= 0.3 is 5.97 Å². The molecule has 6 heteroatoms. The van der Waals surface area contributed by atoms with E-state index >= 15 is 0 Å². The monoisotopic (exact) mass is 303 g/mol. The number of furan rings is 1. The van der Waals surface area contributed by atoms with Crippen LogP contribution in [-0.2, 0) is 4.79 Å². The average molecular weight is 303 g/mol. The zero-order valence-electron chi connectivity index (χ0n) is 12.3. The van der Waals surface area contributed by atoms with Gasteiger partial charge in [-0.25, -0.2) is 4.79 Å². The number of carboxylic acid groups (broad SMARTS) is 1. The molecule has 2 rings (SSSR count). The minimum atomic E-state index is -1.09. The summed E-state index contributed by atoms with van der Waals surface area (Å²) in [5, 5.41) is 11.5. The van der Waals surface area contributed by atoms with E-state index in [-0.39, 0.29) is 17.6 Å². The van der Waals surface area contributed by atoms with E-state index in [4.69, 9.17) is 14.3 Å². The Labute approximate surface area is 127 Å². The second kappa shape index (κ2) is 6.80. The quantitative estimate of drug-likeness (QED) is 0.856. The number of carbonyl (C=O) groups is 2. The summed E-state index contributed by atoms with van der Waals surface area (Å²) in [6.07, 6.45) is 0. The first-order valence-electron chi connectivity index (χ1n) is 6.84. The van der Waals surface area contributed by atoms with Gasteiger partial charge in [0.1, 0.15) is 11.8 Å². The molecule has 0 radical (unpaired) electrons. The van der Waals surface area contributed by atoms with E-state index in [1.54, 1.807) is 26.0 Å². The smallest absolute Gasteiger partial charge is 0.326 e. The van der Waals surface area contributed by atoms with Gasteiger partial charge in [-0.1, -0.05) is 32.0 Å². The number of para-hydroxylation sites is 1. The second-order valence-electron chi connectivity index (χ2n) is 5.07. The fraction of sp³-hybridized carbons (Fsp3) is 0.250. The van der Waals surface area contributed by atoms with Gasteiger partial charge in [0.25, 0.3) is 11.9 Å². The van der Waals surface area contributed by atoms with Crippen LogP contribution in [0.15, 0.2) is 46.9 Å². The van der Waals surface area contributed by atoms with Crippen LogP contribution < -0.4 is 10.1 Å². The van der Waals surface area contributed by atoms with Crippen LogP contribution in [0.25, 0.3) is 0 Å². The minimum absolute atomic E-state index is 0.00201. The Bertz CT molecular complexity index is 648. The van der Waals surface area contributed by atoms with Crippen molar-refractivity contribution in [2.75, 3.05) is 0 Å². The summed E-state index contributed by atoms with van der Waals surface area (Å²) in [5.41, 5.74) is 0. The molecule has 1 atom stereocenters. The summed E-state index contributed by atoms with van der Waals surface area (Å²) in [6, 6.07) is 10.9. The summed E-state index contributed by atoms with van der Waals surface area (Å²) in [7, 11) is 0. The maximum absolute atomic E-state index is 12.0. The molecule has 0 aliphatic rings. The maximum atomic E-state index is 12.0. The number of carboxylic acids is 1. The molecule has 1 amide bonds. The molecule has 0 unspecified atom stereocenters. The molecule has 0 bridgehead atoms. The Balaban J connectivity index is 2.04. The van der Waals surface area contributed by atoms with Gasteiger partial charge in [-0.15, -0.1) is 0 Å². The molecule has 1 aromatic heterocycles.